The minimum Gasteiger partial charge on any atom is -0.398 e. The second kappa shape index (κ2) is 4.84. The topological polar surface area (TPSA) is 46.3 Å². The van der Waals surface area contributed by atoms with E-state index in [2.05, 4.69) is 0 Å². The highest BCUT2D eigenvalue weighted by atomic mass is 32.2. The van der Waals surface area contributed by atoms with E-state index < -0.39 is 0 Å². The lowest BCUT2D eigenvalue weighted by molar-refractivity contribution is -0.118. The molecule has 1 aromatic rings. The van der Waals surface area contributed by atoms with E-state index in [0.29, 0.717) is 0 Å². The van der Waals surface area contributed by atoms with Crippen LogP contribution in [0.3, 0.4) is 0 Å². The number of hydrogen-bond acceptors (Lipinski definition) is 3. The molecule has 1 atom stereocenters. The van der Waals surface area contributed by atoms with Gasteiger partial charge in [-0.3, -0.25) is 4.79 Å². The molecule has 0 saturated carbocycles. The molecule has 2 N–H and O–H groups in total. The van der Waals surface area contributed by atoms with E-state index in [1.54, 1.807) is 11.8 Å². The van der Waals surface area contributed by atoms with Gasteiger partial charge in [0.15, 0.2) is 0 Å². The number of carbonyl (C=O) groups excluding carboxylic acids is 1. The molecule has 0 aromatic heterocycles. The highest BCUT2D eigenvalue weighted by Gasteiger charge is 2.31. The Morgan fingerprint density at radius 1 is 1.39 bits per heavy atom. The number of carbonyl (C=O) groups is 1. The van der Waals surface area contributed by atoms with Gasteiger partial charge >= 0.3 is 0 Å². The maximum Gasteiger partial charge on any atom is 0.240 e. The molecule has 1 fully saturated rings. The molecule has 2 aliphatic heterocycles. The summed E-state index contributed by atoms with van der Waals surface area (Å²) >= 11 is 1.80. The largest absolute Gasteiger partial charge is 0.398 e. The first kappa shape index (κ1) is 11.9. The van der Waals surface area contributed by atoms with Crippen molar-refractivity contribution in [1.82, 2.24) is 0 Å². The van der Waals surface area contributed by atoms with E-state index in [4.69, 9.17) is 5.73 Å². The fourth-order valence-corrected chi connectivity index (χ4v) is 4.05. The molecule has 0 spiro atoms. The van der Waals surface area contributed by atoms with E-state index in [-0.39, 0.29) is 11.2 Å². The third-order valence-corrected chi connectivity index (χ3v) is 5.12. The molecular formula is C14H18N2OS. The summed E-state index contributed by atoms with van der Waals surface area (Å²) < 4.78 is 0. The minimum absolute atomic E-state index is 0.164. The van der Waals surface area contributed by atoms with Gasteiger partial charge in [0.1, 0.15) is 0 Å². The number of amides is 1. The zero-order valence-electron chi connectivity index (χ0n) is 10.4. The predicted octanol–water partition coefficient (Wildman–Crippen LogP) is 2.44. The first-order valence-corrected chi connectivity index (χ1v) is 7.62. The molecule has 1 saturated heterocycles. The van der Waals surface area contributed by atoms with E-state index in [0.717, 1.165) is 48.5 Å². The average Bonchev–Trinajstić information content (AvgIpc) is 2.92. The summed E-state index contributed by atoms with van der Waals surface area (Å²) in [6, 6.07) is 5.90. The Bertz CT molecular complexity index is 469. The lowest BCUT2D eigenvalue weighted by Gasteiger charge is -2.31. The third-order valence-electron chi connectivity index (χ3n) is 3.76. The summed E-state index contributed by atoms with van der Waals surface area (Å²) in [5, 5.41) is 0.164. The van der Waals surface area contributed by atoms with Crippen LogP contribution in [0.5, 0.6) is 0 Å². The van der Waals surface area contributed by atoms with Gasteiger partial charge in [-0.25, -0.2) is 0 Å². The molecule has 1 amide bonds. The zero-order chi connectivity index (χ0) is 12.5. The number of nitrogens with two attached hydrogens (primary N) is 1. The maximum atomic E-state index is 12.5. The van der Waals surface area contributed by atoms with E-state index in [1.807, 2.05) is 23.1 Å². The van der Waals surface area contributed by atoms with Crippen LogP contribution >= 0.6 is 11.8 Å². The van der Waals surface area contributed by atoms with Crippen molar-refractivity contribution < 1.29 is 4.79 Å². The number of anilines is 2. The van der Waals surface area contributed by atoms with Crippen LogP contribution in [0, 0.1) is 0 Å². The highest BCUT2D eigenvalue weighted by Crippen LogP contribution is 2.35. The summed E-state index contributed by atoms with van der Waals surface area (Å²) in [5.41, 5.74) is 9.03. The summed E-state index contributed by atoms with van der Waals surface area (Å²) in [5.74, 6) is 1.40. The van der Waals surface area contributed by atoms with Crippen molar-refractivity contribution in [2.24, 2.45) is 0 Å². The van der Waals surface area contributed by atoms with E-state index >= 15 is 0 Å². The SMILES string of the molecule is Nc1cccc2c1CCCN2C(=O)C1CCCS1. The quantitative estimate of drug-likeness (QED) is 0.791. The van der Waals surface area contributed by atoms with Gasteiger partial charge in [0.25, 0.3) is 0 Å². The van der Waals surface area contributed by atoms with Crippen molar-refractivity contribution in [1.29, 1.82) is 0 Å². The molecule has 4 heteroatoms. The number of benzene rings is 1. The first-order valence-electron chi connectivity index (χ1n) is 6.58. The van der Waals surface area contributed by atoms with Crippen LogP contribution in [0.1, 0.15) is 24.8 Å². The summed E-state index contributed by atoms with van der Waals surface area (Å²) in [6.07, 6.45) is 4.20. The van der Waals surface area contributed by atoms with Crippen LogP contribution in [-0.2, 0) is 11.2 Å². The Hall–Kier alpha value is -1.16. The van der Waals surface area contributed by atoms with Crippen molar-refractivity contribution in [3.05, 3.63) is 23.8 Å². The van der Waals surface area contributed by atoms with Crippen LogP contribution in [0.2, 0.25) is 0 Å². The molecule has 96 valence electrons. The van der Waals surface area contributed by atoms with Gasteiger partial charge in [-0.2, -0.15) is 0 Å². The smallest absolute Gasteiger partial charge is 0.240 e. The van der Waals surface area contributed by atoms with Gasteiger partial charge in [-0.15, -0.1) is 11.8 Å². The Kier molecular flexibility index (Phi) is 3.20. The molecule has 3 nitrogen and oxygen atoms in total. The van der Waals surface area contributed by atoms with Gasteiger partial charge in [0, 0.05) is 17.9 Å². The summed E-state index contributed by atoms with van der Waals surface area (Å²) in [4.78, 5) is 14.5. The van der Waals surface area contributed by atoms with Crippen LogP contribution in [-0.4, -0.2) is 23.5 Å². The zero-order valence-corrected chi connectivity index (χ0v) is 11.2. The lowest BCUT2D eigenvalue weighted by atomic mass is 9.99. The van der Waals surface area contributed by atoms with Crippen LogP contribution in [0.15, 0.2) is 18.2 Å². The maximum absolute atomic E-state index is 12.5. The molecule has 3 rings (SSSR count). The van der Waals surface area contributed by atoms with Crippen molar-refractivity contribution in [2.75, 3.05) is 22.9 Å². The van der Waals surface area contributed by atoms with Gasteiger partial charge in [-0.1, -0.05) is 6.07 Å². The normalized spacial score (nSPS) is 22.9. The van der Waals surface area contributed by atoms with Gasteiger partial charge in [-0.05, 0) is 49.1 Å². The Balaban J connectivity index is 1.91. The monoisotopic (exact) mass is 262 g/mol. The van der Waals surface area contributed by atoms with Crippen LogP contribution in [0.25, 0.3) is 0 Å². The number of nitrogen functional groups attached to an aromatic ring is 1. The summed E-state index contributed by atoms with van der Waals surface area (Å²) in [6.45, 7) is 0.840. The molecule has 2 aliphatic rings. The van der Waals surface area contributed by atoms with Crippen LogP contribution < -0.4 is 10.6 Å². The fourth-order valence-electron chi connectivity index (χ4n) is 2.83. The number of fused-ring (bicyclic) bond motifs is 1. The van der Waals surface area contributed by atoms with Crippen molar-refractivity contribution in [3.8, 4) is 0 Å². The van der Waals surface area contributed by atoms with E-state index in [9.17, 15) is 4.79 Å². The second-order valence-corrected chi connectivity index (χ2v) is 6.25. The molecule has 0 bridgehead atoms. The third kappa shape index (κ3) is 1.99. The Morgan fingerprint density at radius 3 is 3.06 bits per heavy atom. The van der Waals surface area contributed by atoms with Gasteiger partial charge in [0.05, 0.1) is 5.25 Å². The standard InChI is InChI=1S/C14H18N2OS/c15-11-5-1-6-12-10(11)4-2-8-16(12)14(17)13-7-3-9-18-13/h1,5-6,13H,2-4,7-9,15H2. The molecule has 0 radical (unpaired) electrons. The Labute approximate surface area is 112 Å². The molecule has 1 aromatic carbocycles. The highest BCUT2D eigenvalue weighted by molar-refractivity contribution is 8.00. The number of hydrogen-bond donors (Lipinski definition) is 1. The molecular weight excluding hydrogens is 244 g/mol. The predicted molar refractivity (Wildman–Crippen MR) is 77.0 cm³/mol. The number of nitrogens with zero attached hydrogens (tertiary/aromatic N) is 1. The van der Waals surface area contributed by atoms with Crippen molar-refractivity contribution in [3.63, 3.8) is 0 Å². The van der Waals surface area contributed by atoms with Crippen molar-refractivity contribution in [2.45, 2.75) is 30.9 Å². The van der Waals surface area contributed by atoms with Crippen molar-refractivity contribution >= 4 is 29.0 Å². The van der Waals surface area contributed by atoms with E-state index in [1.165, 1.54) is 6.42 Å². The summed E-state index contributed by atoms with van der Waals surface area (Å²) in [7, 11) is 0. The molecule has 1 unspecified atom stereocenters. The second-order valence-electron chi connectivity index (χ2n) is 4.94. The Morgan fingerprint density at radius 2 is 2.28 bits per heavy atom. The number of thioether (sulfide) groups is 1. The number of rotatable bonds is 1. The van der Waals surface area contributed by atoms with Gasteiger partial charge < -0.3 is 10.6 Å². The molecule has 2 heterocycles. The molecule has 18 heavy (non-hydrogen) atoms. The average molecular weight is 262 g/mol. The fraction of sp³-hybridized carbons (Fsp3) is 0.500. The minimum atomic E-state index is 0.164. The first-order chi connectivity index (χ1) is 8.77. The van der Waals surface area contributed by atoms with Gasteiger partial charge in [0.2, 0.25) is 5.91 Å². The van der Waals surface area contributed by atoms with Crippen LogP contribution in [0.4, 0.5) is 11.4 Å². The molecule has 0 aliphatic carbocycles. The lowest BCUT2D eigenvalue weighted by Crippen LogP contribution is -2.40.